The standard InChI is InChI=1S/C14H20N2O2.ClH/c1-18-11-5-6-12-10(9-11)3-2-4-13(12)16-8-7-14(15)17;/h5-6,9,13,16H,2-4,7-8H2,1H3,(H2,15,17);1H. The summed E-state index contributed by atoms with van der Waals surface area (Å²) in [5.41, 5.74) is 7.82. The molecule has 1 amide bonds. The topological polar surface area (TPSA) is 64.3 Å². The van der Waals surface area contributed by atoms with E-state index < -0.39 is 0 Å². The summed E-state index contributed by atoms with van der Waals surface area (Å²) < 4.78 is 5.25. The fourth-order valence-corrected chi connectivity index (χ4v) is 2.50. The van der Waals surface area contributed by atoms with Crippen molar-refractivity contribution in [2.75, 3.05) is 13.7 Å². The number of nitrogens with two attached hydrogens (primary N) is 1. The number of nitrogens with one attached hydrogen (secondary N) is 1. The first-order valence-corrected chi connectivity index (χ1v) is 6.39. The molecule has 0 fully saturated rings. The van der Waals surface area contributed by atoms with Crippen LogP contribution in [0.2, 0.25) is 0 Å². The highest BCUT2D eigenvalue weighted by Gasteiger charge is 2.19. The Kier molecular flexibility index (Phi) is 6.12. The monoisotopic (exact) mass is 284 g/mol. The van der Waals surface area contributed by atoms with Crippen LogP contribution in [0.4, 0.5) is 0 Å². The van der Waals surface area contributed by atoms with Crippen molar-refractivity contribution < 1.29 is 9.53 Å². The van der Waals surface area contributed by atoms with Gasteiger partial charge in [-0.2, -0.15) is 0 Å². The Bertz CT molecular complexity index is 437. The predicted octanol–water partition coefficient (Wildman–Crippen LogP) is 1.96. The zero-order chi connectivity index (χ0) is 13.0. The number of carbonyl (C=O) groups excluding carboxylic acids is 1. The smallest absolute Gasteiger partial charge is 0.218 e. The molecule has 2 rings (SSSR count). The molecule has 0 saturated carbocycles. The van der Waals surface area contributed by atoms with Gasteiger partial charge in [0.1, 0.15) is 5.75 Å². The van der Waals surface area contributed by atoms with Gasteiger partial charge in [0.2, 0.25) is 5.91 Å². The van der Waals surface area contributed by atoms with Gasteiger partial charge in [-0.3, -0.25) is 4.79 Å². The highest BCUT2D eigenvalue weighted by molar-refractivity contribution is 5.85. The summed E-state index contributed by atoms with van der Waals surface area (Å²) in [5.74, 6) is 0.653. The van der Waals surface area contributed by atoms with E-state index in [9.17, 15) is 4.79 Å². The minimum atomic E-state index is -0.256. The molecule has 19 heavy (non-hydrogen) atoms. The highest BCUT2D eigenvalue weighted by atomic mass is 35.5. The molecule has 1 aliphatic carbocycles. The summed E-state index contributed by atoms with van der Waals surface area (Å²) in [6, 6.07) is 6.55. The maximum Gasteiger partial charge on any atom is 0.218 e. The van der Waals surface area contributed by atoms with Crippen LogP contribution in [0.1, 0.15) is 36.4 Å². The van der Waals surface area contributed by atoms with Crippen molar-refractivity contribution in [1.82, 2.24) is 5.32 Å². The third-order valence-electron chi connectivity index (χ3n) is 3.43. The van der Waals surface area contributed by atoms with Crippen LogP contribution in [0.25, 0.3) is 0 Å². The lowest BCUT2D eigenvalue weighted by atomic mass is 9.87. The molecule has 1 unspecified atom stereocenters. The molecule has 0 spiro atoms. The van der Waals surface area contributed by atoms with Gasteiger partial charge < -0.3 is 15.8 Å². The summed E-state index contributed by atoms with van der Waals surface area (Å²) in [5, 5.41) is 3.40. The number of fused-ring (bicyclic) bond motifs is 1. The second kappa shape index (κ2) is 7.36. The van der Waals surface area contributed by atoms with Crippen molar-refractivity contribution in [2.45, 2.75) is 31.7 Å². The maximum atomic E-state index is 10.7. The van der Waals surface area contributed by atoms with Gasteiger partial charge >= 0.3 is 0 Å². The van der Waals surface area contributed by atoms with Gasteiger partial charge in [0, 0.05) is 19.0 Å². The number of carbonyl (C=O) groups is 1. The van der Waals surface area contributed by atoms with Gasteiger partial charge in [-0.05, 0) is 42.5 Å². The first-order chi connectivity index (χ1) is 8.70. The second-order valence-corrected chi connectivity index (χ2v) is 4.68. The molecular weight excluding hydrogens is 264 g/mol. The van der Waals surface area contributed by atoms with Gasteiger partial charge in [-0.1, -0.05) is 6.07 Å². The number of primary amides is 1. The molecular formula is C14H21ClN2O2. The van der Waals surface area contributed by atoms with Crippen LogP contribution < -0.4 is 15.8 Å². The molecule has 106 valence electrons. The Balaban J connectivity index is 0.00000180. The van der Waals surface area contributed by atoms with Crippen molar-refractivity contribution in [3.05, 3.63) is 29.3 Å². The first-order valence-electron chi connectivity index (χ1n) is 6.39. The average molecular weight is 285 g/mol. The van der Waals surface area contributed by atoms with Gasteiger partial charge in [-0.25, -0.2) is 0 Å². The van der Waals surface area contributed by atoms with Crippen LogP contribution in [0.15, 0.2) is 18.2 Å². The van der Waals surface area contributed by atoms with Crippen LogP contribution in [0.3, 0.4) is 0 Å². The van der Waals surface area contributed by atoms with Crippen molar-refractivity contribution in [1.29, 1.82) is 0 Å². The molecule has 1 aliphatic rings. The molecule has 0 heterocycles. The Morgan fingerprint density at radius 1 is 1.53 bits per heavy atom. The summed E-state index contributed by atoms with van der Waals surface area (Å²) in [4.78, 5) is 10.7. The third kappa shape index (κ3) is 4.11. The molecule has 5 heteroatoms. The number of ether oxygens (including phenoxy) is 1. The largest absolute Gasteiger partial charge is 0.497 e. The van der Waals surface area contributed by atoms with Gasteiger partial charge in [0.15, 0.2) is 0 Å². The van der Waals surface area contributed by atoms with Crippen molar-refractivity contribution in [2.24, 2.45) is 5.73 Å². The lowest BCUT2D eigenvalue weighted by Crippen LogP contribution is -2.28. The van der Waals surface area contributed by atoms with E-state index in [4.69, 9.17) is 10.5 Å². The highest BCUT2D eigenvalue weighted by Crippen LogP contribution is 2.31. The Labute approximate surface area is 120 Å². The molecule has 3 N–H and O–H groups in total. The van der Waals surface area contributed by atoms with E-state index in [2.05, 4.69) is 17.4 Å². The van der Waals surface area contributed by atoms with Gasteiger partial charge in [-0.15, -0.1) is 12.4 Å². The number of methoxy groups -OCH3 is 1. The fraction of sp³-hybridized carbons (Fsp3) is 0.500. The average Bonchev–Trinajstić information content (AvgIpc) is 2.38. The Morgan fingerprint density at radius 2 is 2.32 bits per heavy atom. The number of hydrogen-bond acceptors (Lipinski definition) is 3. The van der Waals surface area contributed by atoms with E-state index >= 15 is 0 Å². The summed E-state index contributed by atoms with van der Waals surface area (Å²) in [6.07, 6.45) is 3.76. The molecule has 0 bridgehead atoms. The van der Waals surface area contributed by atoms with Crippen LogP contribution in [0.5, 0.6) is 5.75 Å². The van der Waals surface area contributed by atoms with E-state index in [0.29, 0.717) is 19.0 Å². The predicted molar refractivity (Wildman–Crippen MR) is 77.7 cm³/mol. The number of benzene rings is 1. The SMILES string of the molecule is COc1ccc2c(c1)CCCC2NCCC(N)=O.Cl. The Morgan fingerprint density at radius 3 is 3.00 bits per heavy atom. The van der Waals surface area contributed by atoms with Crippen LogP contribution in [0, 0.1) is 0 Å². The number of amides is 1. The molecule has 1 aromatic carbocycles. The number of aryl methyl sites for hydroxylation is 1. The van der Waals surface area contributed by atoms with Crippen LogP contribution in [-0.4, -0.2) is 19.6 Å². The van der Waals surface area contributed by atoms with Crippen molar-refractivity contribution in [3.8, 4) is 5.75 Å². The molecule has 0 aromatic heterocycles. The van der Waals surface area contributed by atoms with E-state index in [1.807, 2.05) is 6.07 Å². The third-order valence-corrected chi connectivity index (χ3v) is 3.43. The van der Waals surface area contributed by atoms with Crippen molar-refractivity contribution >= 4 is 18.3 Å². The zero-order valence-electron chi connectivity index (χ0n) is 11.1. The summed E-state index contributed by atoms with van der Waals surface area (Å²) in [7, 11) is 1.69. The molecule has 1 aromatic rings. The Hall–Kier alpha value is -1.26. The van der Waals surface area contributed by atoms with Crippen LogP contribution >= 0.6 is 12.4 Å². The lowest BCUT2D eigenvalue weighted by molar-refractivity contribution is -0.117. The fourth-order valence-electron chi connectivity index (χ4n) is 2.50. The number of halogens is 1. The normalized spacial score (nSPS) is 17.2. The van der Waals surface area contributed by atoms with E-state index in [1.54, 1.807) is 7.11 Å². The molecule has 1 atom stereocenters. The quantitative estimate of drug-likeness (QED) is 0.869. The van der Waals surface area contributed by atoms with E-state index in [-0.39, 0.29) is 18.3 Å². The van der Waals surface area contributed by atoms with Crippen molar-refractivity contribution in [3.63, 3.8) is 0 Å². The minimum absolute atomic E-state index is 0. The summed E-state index contributed by atoms with van der Waals surface area (Å²) >= 11 is 0. The van der Waals surface area contributed by atoms with Gasteiger partial charge in [0.25, 0.3) is 0 Å². The molecule has 0 aliphatic heterocycles. The molecule has 0 radical (unpaired) electrons. The minimum Gasteiger partial charge on any atom is -0.497 e. The second-order valence-electron chi connectivity index (χ2n) is 4.68. The number of rotatable bonds is 5. The number of hydrogen-bond donors (Lipinski definition) is 2. The van der Waals surface area contributed by atoms with Gasteiger partial charge in [0.05, 0.1) is 7.11 Å². The summed E-state index contributed by atoms with van der Waals surface area (Å²) in [6.45, 7) is 0.644. The first kappa shape index (κ1) is 15.8. The zero-order valence-corrected chi connectivity index (χ0v) is 12.0. The lowest BCUT2D eigenvalue weighted by Gasteiger charge is -2.26. The maximum absolute atomic E-state index is 10.7. The molecule has 4 nitrogen and oxygen atoms in total. The van der Waals surface area contributed by atoms with E-state index in [0.717, 1.165) is 25.0 Å². The van der Waals surface area contributed by atoms with E-state index in [1.165, 1.54) is 11.1 Å². The molecule has 0 saturated heterocycles. The van der Waals surface area contributed by atoms with Crippen LogP contribution in [-0.2, 0) is 11.2 Å².